The normalized spacial score (nSPS) is 10.3. The summed E-state index contributed by atoms with van der Waals surface area (Å²) in [6.45, 7) is 2.03. The van der Waals surface area contributed by atoms with Gasteiger partial charge in [0.25, 0.3) is 11.6 Å². The summed E-state index contributed by atoms with van der Waals surface area (Å²) in [5.74, 6) is -0.232. The topological polar surface area (TPSA) is 63.5 Å². The summed E-state index contributed by atoms with van der Waals surface area (Å²) in [5.41, 5.74) is 1.69. The molecular formula is C16H15BrN2O3. The third-order valence-corrected chi connectivity index (χ3v) is 3.94. The van der Waals surface area contributed by atoms with Gasteiger partial charge in [-0.25, -0.2) is 0 Å². The zero-order chi connectivity index (χ0) is 16.3. The fourth-order valence-corrected chi connectivity index (χ4v) is 2.46. The molecule has 6 heteroatoms. The molecule has 2 aromatic carbocycles. The molecule has 0 aromatic heterocycles. The van der Waals surface area contributed by atoms with Gasteiger partial charge in [-0.2, -0.15) is 0 Å². The standard InChI is InChI=1S/C16H15BrN2O3/c1-11-14(4-3-5-15(11)19(21)22)16(20)18(2)10-12-6-8-13(17)9-7-12/h3-9H,10H2,1-2H3. The molecular weight excluding hydrogens is 348 g/mol. The van der Waals surface area contributed by atoms with E-state index < -0.39 is 4.92 Å². The van der Waals surface area contributed by atoms with Crippen LogP contribution in [0, 0.1) is 17.0 Å². The average Bonchev–Trinajstić information content (AvgIpc) is 2.48. The van der Waals surface area contributed by atoms with Gasteiger partial charge in [-0.05, 0) is 30.7 Å². The van der Waals surface area contributed by atoms with E-state index in [-0.39, 0.29) is 11.6 Å². The van der Waals surface area contributed by atoms with Crippen LogP contribution >= 0.6 is 15.9 Å². The highest BCUT2D eigenvalue weighted by atomic mass is 79.9. The Kier molecular flexibility index (Phi) is 4.92. The third-order valence-electron chi connectivity index (χ3n) is 3.41. The molecule has 0 atom stereocenters. The van der Waals surface area contributed by atoms with Crippen LogP contribution in [0.1, 0.15) is 21.5 Å². The number of nitrogens with zero attached hydrogens (tertiary/aromatic N) is 2. The van der Waals surface area contributed by atoms with Crippen LogP contribution in [0.4, 0.5) is 5.69 Å². The van der Waals surface area contributed by atoms with Crippen LogP contribution in [-0.2, 0) is 6.54 Å². The Bertz CT molecular complexity index is 714. The van der Waals surface area contributed by atoms with Crippen LogP contribution in [0.5, 0.6) is 0 Å². The molecule has 0 N–H and O–H groups in total. The number of hydrogen-bond acceptors (Lipinski definition) is 3. The van der Waals surface area contributed by atoms with Gasteiger partial charge >= 0.3 is 0 Å². The van der Waals surface area contributed by atoms with Crippen molar-refractivity contribution >= 4 is 27.5 Å². The SMILES string of the molecule is Cc1c(C(=O)N(C)Cc2ccc(Br)cc2)cccc1[N+](=O)[O-]. The number of carbonyl (C=O) groups excluding carboxylic acids is 1. The number of nitro benzene ring substituents is 1. The van der Waals surface area contributed by atoms with E-state index >= 15 is 0 Å². The second kappa shape index (κ2) is 6.70. The monoisotopic (exact) mass is 362 g/mol. The lowest BCUT2D eigenvalue weighted by Crippen LogP contribution is -2.27. The van der Waals surface area contributed by atoms with Gasteiger partial charge in [-0.1, -0.05) is 34.1 Å². The maximum Gasteiger partial charge on any atom is 0.273 e. The predicted molar refractivity (Wildman–Crippen MR) is 87.8 cm³/mol. The van der Waals surface area contributed by atoms with E-state index in [1.807, 2.05) is 24.3 Å². The summed E-state index contributed by atoms with van der Waals surface area (Å²) in [4.78, 5) is 24.6. The zero-order valence-corrected chi connectivity index (χ0v) is 13.8. The Hall–Kier alpha value is -2.21. The molecule has 2 rings (SSSR count). The van der Waals surface area contributed by atoms with Gasteiger partial charge in [0, 0.05) is 35.3 Å². The van der Waals surface area contributed by atoms with Crippen molar-refractivity contribution in [2.24, 2.45) is 0 Å². The largest absolute Gasteiger partial charge is 0.337 e. The van der Waals surface area contributed by atoms with Crippen LogP contribution in [0.25, 0.3) is 0 Å². The number of rotatable bonds is 4. The first-order chi connectivity index (χ1) is 10.4. The molecule has 0 saturated carbocycles. The molecule has 0 spiro atoms. The van der Waals surface area contributed by atoms with Gasteiger partial charge in [-0.15, -0.1) is 0 Å². The molecule has 0 radical (unpaired) electrons. The van der Waals surface area contributed by atoms with E-state index in [9.17, 15) is 14.9 Å². The van der Waals surface area contributed by atoms with Gasteiger partial charge in [0.1, 0.15) is 0 Å². The summed E-state index contributed by atoms with van der Waals surface area (Å²) < 4.78 is 0.972. The fraction of sp³-hybridized carbons (Fsp3) is 0.188. The van der Waals surface area contributed by atoms with Gasteiger partial charge in [-0.3, -0.25) is 14.9 Å². The highest BCUT2D eigenvalue weighted by Crippen LogP contribution is 2.22. The fourth-order valence-electron chi connectivity index (χ4n) is 2.19. The summed E-state index contributed by atoms with van der Waals surface area (Å²) in [5, 5.41) is 11.0. The minimum atomic E-state index is -0.471. The van der Waals surface area contributed by atoms with E-state index in [0.717, 1.165) is 10.0 Å². The average molecular weight is 363 g/mol. The van der Waals surface area contributed by atoms with Crippen molar-refractivity contribution in [3.05, 3.63) is 73.7 Å². The van der Waals surface area contributed by atoms with Crippen LogP contribution < -0.4 is 0 Å². The van der Waals surface area contributed by atoms with E-state index in [1.54, 1.807) is 24.9 Å². The van der Waals surface area contributed by atoms with Crippen molar-refractivity contribution in [2.75, 3.05) is 7.05 Å². The molecule has 114 valence electrons. The van der Waals surface area contributed by atoms with Crippen molar-refractivity contribution in [3.63, 3.8) is 0 Å². The highest BCUT2D eigenvalue weighted by molar-refractivity contribution is 9.10. The first-order valence-electron chi connectivity index (χ1n) is 6.64. The number of carbonyl (C=O) groups is 1. The molecule has 0 fully saturated rings. The first kappa shape index (κ1) is 16.2. The molecule has 0 aliphatic rings. The van der Waals surface area contributed by atoms with E-state index in [0.29, 0.717) is 17.7 Å². The lowest BCUT2D eigenvalue weighted by atomic mass is 10.1. The van der Waals surface area contributed by atoms with Crippen molar-refractivity contribution in [2.45, 2.75) is 13.5 Å². The van der Waals surface area contributed by atoms with E-state index in [4.69, 9.17) is 0 Å². The molecule has 0 aliphatic carbocycles. The van der Waals surface area contributed by atoms with Crippen LogP contribution in [0.15, 0.2) is 46.9 Å². The maximum atomic E-state index is 12.5. The number of hydrogen-bond donors (Lipinski definition) is 0. The smallest absolute Gasteiger partial charge is 0.273 e. The highest BCUT2D eigenvalue weighted by Gasteiger charge is 2.20. The molecule has 0 heterocycles. The Morgan fingerprint density at radius 1 is 1.23 bits per heavy atom. The van der Waals surface area contributed by atoms with Crippen LogP contribution in [0.2, 0.25) is 0 Å². The quantitative estimate of drug-likeness (QED) is 0.611. The van der Waals surface area contributed by atoms with E-state index in [2.05, 4.69) is 15.9 Å². The summed E-state index contributed by atoms with van der Waals surface area (Å²) in [7, 11) is 1.68. The third kappa shape index (κ3) is 3.51. The first-order valence-corrected chi connectivity index (χ1v) is 7.43. The van der Waals surface area contributed by atoms with E-state index in [1.165, 1.54) is 12.1 Å². The molecule has 0 aliphatic heterocycles. The molecule has 0 bridgehead atoms. The van der Waals surface area contributed by atoms with Crippen LogP contribution in [0.3, 0.4) is 0 Å². The minimum absolute atomic E-state index is 0.0390. The number of amides is 1. The summed E-state index contributed by atoms with van der Waals surface area (Å²) in [6.07, 6.45) is 0. The lowest BCUT2D eigenvalue weighted by molar-refractivity contribution is -0.385. The maximum absolute atomic E-state index is 12.5. The molecule has 0 unspecified atom stereocenters. The predicted octanol–water partition coefficient (Wildman–Crippen LogP) is 3.94. The molecule has 5 nitrogen and oxygen atoms in total. The second-order valence-electron chi connectivity index (χ2n) is 4.99. The Morgan fingerprint density at radius 2 is 1.86 bits per heavy atom. The lowest BCUT2D eigenvalue weighted by Gasteiger charge is -2.18. The molecule has 1 amide bonds. The number of halogens is 1. The van der Waals surface area contributed by atoms with Gasteiger partial charge in [0.15, 0.2) is 0 Å². The van der Waals surface area contributed by atoms with Crippen molar-refractivity contribution in [1.82, 2.24) is 4.90 Å². The number of nitro groups is 1. The van der Waals surface area contributed by atoms with Gasteiger partial charge < -0.3 is 4.90 Å². The zero-order valence-electron chi connectivity index (χ0n) is 12.2. The van der Waals surface area contributed by atoms with Crippen LogP contribution in [-0.4, -0.2) is 22.8 Å². The van der Waals surface area contributed by atoms with Crippen molar-refractivity contribution in [3.8, 4) is 0 Å². The molecule has 0 saturated heterocycles. The minimum Gasteiger partial charge on any atom is -0.337 e. The van der Waals surface area contributed by atoms with Crippen molar-refractivity contribution < 1.29 is 9.72 Å². The molecule has 22 heavy (non-hydrogen) atoms. The summed E-state index contributed by atoms with van der Waals surface area (Å²) >= 11 is 3.36. The summed E-state index contributed by atoms with van der Waals surface area (Å²) in [6, 6.07) is 12.2. The van der Waals surface area contributed by atoms with Gasteiger partial charge in [0.05, 0.1) is 4.92 Å². The Labute approximate surface area is 136 Å². The van der Waals surface area contributed by atoms with Gasteiger partial charge in [0.2, 0.25) is 0 Å². The Morgan fingerprint density at radius 3 is 2.45 bits per heavy atom. The molecule has 2 aromatic rings. The number of benzene rings is 2. The Balaban J connectivity index is 2.22. The van der Waals surface area contributed by atoms with Crippen molar-refractivity contribution in [1.29, 1.82) is 0 Å². The second-order valence-corrected chi connectivity index (χ2v) is 5.91.